The highest BCUT2D eigenvalue weighted by Crippen LogP contribution is 2.30. The molecule has 0 fully saturated rings. The van der Waals surface area contributed by atoms with Crippen molar-refractivity contribution in [2.75, 3.05) is 0 Å². The van der Waals surface area contributed by atoms with E-state index in [2.05, 4.69) is 0 Å². The van der Waals surface area contributed by atoms with Gasteiger partial charge in [0.05, 0.1) is 5.56 Å². The van der Waals surface area contributed by atoms with Gasteiger partial charge in [0, 0.05) is 11.1 Å². The fraction of sp³-hybridized carbons (Fsp3) is 0.200. The lowest BCUT2D eigenvalue weighted by atomic mass is 10.0. The molecule has 0 aliphatic rings. The molecule has 1 N–H and O–H groups in total. The van der Waals surface area contributed by atoms with Gasteiger partial charge >= 0.3 is 0 Å². The number of carbonyl (C=O) groups excluding carboxylic acids is 2. The zero-order valence-electron chi connectivity index (χ0n) is 7.83. The number of rotatable bonds is 3. The molecule has 15 heavy (non-hydrogen) atoms. The first-order chi connectivity index (χ1) is 6.97. The molecule has 0 saturated carbocycles. The van der Waals surface area contributed by atoms with Crippen LogP contribution in [0.25, 0.3) is 0 Å². The standard InChI is InChI=1S/C10H8F2O3/c1-5(14)7-3-8(10(11)12)9(15)2-6(7)4-13/h2-4,10,15H,1H3. The van der Waals surface area contributed by atoms with Crippen molar-refractivity contribution in [3.05, 3.63) is 28.8 Å². The summed E-state index contributed by atoms with van der Waals surface area (Å²) in [6.07, 6.45) is -2.55. The van der Waals surface area contributed by atoms with Gasteiger partial charge in [-0.2, -0.15) is 0 Å². The number of Topliss-reactive ketones (excluding diaryl/α,β-unsaturated/α-hetero) is 1. The highest BCUT2D eigenvalue weighted by Gasteiger charge is 2.17. The topological polar surface area (TPSA) is 54.4 Å². The van der Waals surface area contributed by atoms with Gasteiger partial charge in [-0.25, -0.2) is 8.78 Å². The zero-order valence-corrected chi connectivity index (χ0v) is 7.83. The van der Waals surface area contributed by atoms with Gasteiger partial charge in [0.15, 0.2) is 12.1 Å². The predicted octanol–water partition coefficient (Wildman–Crippen LogP) is 2.34. The molecular formula is C10H8F2O3. The minimum absolute atomic E-state index is 0.0931. The van der Waals surface area contributed by atoms with Crippen molar-refractivity contribution in [1.29, 1.82) is 0 Å². The summed E-state index contributed by atoms with van der Waals surface area (Å²) in [6, 6.07) is 1.71. The maximum atomic E-state index is 12.3. The van der Waals surface area contributed by atoms with Crippen LogP contribution in [0.4, 0.5) is 8.78 Å². The Kier molecular flexibility index (Phi) is 3.14. The van der Waals surface area contributed by atoms with E-state index in [4.69, 9.17) is 5.11 Å². The van der Waals surface area contributed by atoms with Crippen LogP contribution >= 0.6 is 0 Å². The SMILES string of the molecule is CC(=O)c1cc(C(F)F)c(O)cc1C=O. The summed E-state index contributed by atoms with van der Waals surface area (Å²) in [5.41, 5.74) is -0.853. The largest absolute Gasteiger partial charge is 0.507 e. The van der Waals surface area contributed by atoms with Crippen molar-refractivity contribution in [3.8, 4) is 5.75 Å². The summed E-state index contributed by atoms with van der Waals surface area (Å²) in [6.45, 7) is 1.16. The van der Waals surface area contributed by atoms with E-state index in [1.54, 1.807) is 0 Å². The molecule has 0 atom stereocenters. The number of benzene rings is 1. The number of ketones is 1. The van der Waals surface area contributed by atoms with Crippen LogP contribution in [-0.2, 0) is 0 Å². The summed E-state index contributed by atoms with van der Waals surface area (Å²) < 4.78 is 24.7. The average Bonchev–Trinajstić information content (AvgIpc) is 2.16. The third kappa shape index (κ3) is 2.18. The number of phenols is 1. The van der Waals surface area contributed by atoms with E-state index in [0.29, 0.717) is 6.29 Å². The van der Waals surface area contributed by atoms with Gasteiger partial charge in [0.2, 0.25) is 0 Å². The quantitative estimate of drug-likeness (QED) is 0.620. The second-order valence-corrected chi connectivity index (χ2v) is 2.97. The first-order valence-electron chi connectivity index (χ1n) is 4.08. The van der Waals surface area contributed by atoms with Gasteiger partial charge in [0.1, 0.15) is 5.75 Å². The Bertz CT molecular complexity index is 413. The number of hydrogen-bond acceptors (Lipinski definition) is 3. The molecule has 1 aromatic carbocycles. The van der Waals surface area contributed by atoms with Crippen LogP contribution in [0.1, 0.15) is 39.6 Å². The number of aromatic hydroxyl groups is 1. The second kappa shape index (κ2) is 4.16. The molecule has 0 amide bonds. The molecule has 0 aliphatic carbocycles. The van der Waals surface area contributed by atoms with Crippen LogP contribution in [0.5, 0.6) is 5.75 Å². The number of carbonyl (C=O) groups is 2. The molecule has 0 bridgehead atoms. The lowest BCUT2D eigenvalue weighted by Gasteiger charge is -2.07. The Morgan fingerprint density at radius 2 is 2.07 bits per heavy atom. The average molecular weight is 214 g/mol. The van der Waals surface area contributed by atoms with Crippen LogP contribution in [0, 0.1) is 0 Å². The molecule has 0 radical (unpaired) electrons. The Morgan fingerprint density at radius 1 is 1.47 bits per heavy atom. The van der Waals surface area contributed by atoms with Crippen LogP contribution in [0.2, 0.25) is 0 Å². The normalized spacial score (nSPS) is 10.4. The predicted molar refractivity (Wildman–Crippen MR) is 48.5 cm³/mol. The molecule has 1 aromatic rings. The maximum absolute atomic E-state index is 12.3. The summed E-state index contributed by atoms with van der Waals surface area (Å²) in [5.74, 6) is -1.18. The van der Waals surface area contributed by atoms with Gasteiger partial charge in [-0.05, 0) is 19.1 Å². The van der Waals surface area contributed by atoms with Crippen molar-refractivity contribution in [2.45, 2.75) is 13.3 Å². The molecule has 0 aromatic heterocycles. The summed E-state index contributed by atoms with van der Waals surface area (Å²) in [7, 11) is 0. The monoisotopic (exact) mass is 214 g/mol. The molecule has 80 valence electrons. The summed E-state index contributed by atoms with van der Waals surface area (Å²) in [5, 5.41) is 9.15. The Balaban J connectivity index is 3.43. The molecule has 0 spiro atoms. The van der Waals surface area contributed by atoms with Gasteiger partial charge in [-0.1, -0.05) is 0 Å². The van der Waals surface area contributed by atoms with Crippen molar-refractivity contribution < 1.29 is 23.5 Å². The first-order valence-corrected chi connectivity index (χ1v) is 4.08. The van der Waals surface area contributed by atoms with E-state index in [9.17, 15) is 18.4 Å². The van der Waals surface area contributed by atoms with E-state index in [-0.39, 0.29) is 11.1 Å². The van der Waals surface area contributed by atoms with Gasteiger partial charge in [0.25, 0.3) is 6.43 Å². The van der Waals surface area contributed by atoms with E-state index in [1.807, 2.05) is 0 Å². The van der Waals surface area contributed by atoms with Crippen molar-refractivity contribution in [2.24, 2.45) is 0 Å². The number of phenolic OH excluding ortho intramolecular Hbond substituents is 1. The van der Waals surface area contributed by atoms with E-state index in [1.165, 1.54) is 0 Å². The fourth-order valence-electron chi connectivity index (χ4n) is 1.20. The fourth-order valence-corrected chi connectivity index (χ4v) is 1.20. The van der Waals surface area contributed by atoms with Crippen LogP contribution < -0.4 is 0 Å². The molecule has 0 saturated heterocycles. The Hall–Kier alpha value is -1.78. The lowest BCUT2D eigenvalue weighted by Crippen LogP contribution is -2.01. The van der Waals surface area contributed by atoms with Crippen molar-refractivity contribution in [3.63, 3.8) is 0 Å². The summed E-state index contributed by atoms with van der Waals surface area (Å²) in [4.78, 5) is 21.5. The van der Waals surface area contributed by atoms with Gasteiger partial charge < -0.3 is 5.11 Å². The number of alkyl halides is 2. The third-order valence-corrected chi connectivity index (χ3v) is 1.94. The number of halogens is 2. The van der Waals surface area contributed by atoms with Gasteiger partial charge in [-0.3, -0.25) is 9.59 Å². The highest BCUT2D eigenvalue weighted by atomic mass is 19.3. The van der Waals surface area contributed by atoms with E-state index >= 15 is 0 Å². The Morgan fingerprint density at radius 3 is 2.47 bits per heavy atom. The highest BCUT2D eigenvalue weighted by molar-refractivity contribution is 6.01. The molecule has 3 nitrogen and oxygen atoms in total. The molecule has 5 heteroatoms. The van der Waals surface area contributed by atoms with Crippen molar-refractivity contribution in [1.82, 2.24) is 0 Å². The first kappa shape index (κ1) is 11.3. The van der Waals surface area contributed by atoms with Crippen LogP contribution in [0.3, 0.4) is 0 Å². The van der Waals surface area contributed by atoms with Crippen molar-refractivity contribution >= 4 is 12.1 Å². The smallest absolute Gasteiger partial charge is 0.267 e. The number of hydrogen-bond donors (Lipinski definition) is 1. The van der Waals surface area contributed by atoms with Crippen LogP contribution in [0.15, 0.2) is 12.1 Å². The molecule has 0 aliphatic heterocycles. The third-order valence-electron chi connectivity index (χ3n) is 1.94. The van der Waals surface area contributed by atoms with E-state index in [0.717, 1.165) is 19.1 Å². The van der Waals surface area contributed by atoms with Crippen LogP contribution in [-0.4, -0.2) is 17.2 Å². The lowest BCUT2D eigenvalue weighted by molar-refractivity contribution is 0.100. The summed E-state index contributed by atoms with van der Waals surface area (Å²) >= 11 is 0. The molecular weight excluding hydrogens is 206 g/mol. The molecule has 0 heterocycles. The zero-order chi connectivity index (χ0) is 11.6. The van der Waals surface area contributed by atoms with E-state index < -0.39 is 23.5 Å². The molecule has 0 unspecified atom stereocenters. The second-order valence-electron chi connectivity index (χ2n) is 2.97. The molecule has 1 rings (SSSR count). The van der Waals surface area contributed by atoms with Gasteiger partial charge in [-0.15, -0.1) is 0 Å². The maximum Gasteiger partial charge on any atom is 0.267 e. The minimum atomic E-state index is -2.89. The minimum Gasteiger partial charge on any atom is -0.507 e. The number of aldehydes is 1. The Labute approximate surface area is 84.3 Å².